The molecule has 6 nitrogen and oxygen atoms in total. The third-order valence-corrected chi connectivity index (χ3v) is 10.2. The highest BCUT2D eigenvalue weighted by molar-refractivity contribution is 5.71. The number of hydrogen-bond acceptors (Lipinski definition) is 6. The Morgan fingerprint density at radius 1 is 0.510 bits per heavy atom. The first-order valence-electron chi connectivity index (χ1n) is 21.6. The van der Waals surface area contributed by atoms with Crippen molar-refractivity contribution in [3.63, 3.8) is 0 Å². The van der Waals surface area contributed by atoms with Gasteiger partial charge in [-0.3, -0.25) is 9.59 Å². The first-order chi connectivity index (χ1) is 24.0. The van der Waals surface area contributed by atoms with Crippen LogP contribution in [-0.4, -0.2) is 61.4 Å². The molecule has 6 heteroatoms. The first kappa shape index (κ1) is 47.9. The van der Waals surface area contributed by atoms with Gasteiger partial charge in [-0.25, -0.2) is 0 Å². The number of hydrogen-bond donors (Lipinski definition) is 1. The van der Waals surface area contributed by atoms with Crippen LogP contribution in [0.3, 0.4) is 0 Å². The fourth-order valence-electron chi connectivity index (χ4n) is 6.83. The van der Waals surface area contributed by atoms with Crippen LogP contribution < -0.4 is 0 Å². The molecule has 1 N–H and O–H groups in total. The van der Waals surface area contributed by atoms with Crippen molar-refractivity contribution >= 4 is 11.9 Å². The van der Waals surface area contributed by atoms with E-state index in [9.17, 15) is 14.7 Å². The summed E-state index contributed by atoms with van der Waals surface area (Å²) in [5, 5.41) is 9.36. The Hall–Kier alpha value is -1.14. The molecule has 0 spiro atoms. The van der Waals surface area contributed by atoms with Crippen LogP contribution in [0.4, 0.5) is 0 Å². The fourth-order valence-corrected chi connectivity index (χ4v) is 6.83. The Kier molecular flexibility index (Phi) is 37.2. The molecule has 1 unspecified atom stereocenters. The summed E-state index contributed by atoms with van der Waals surface area (Å²) in [7, 11) is 0. The van der Waals surface area contributed by atoms with E-state index < -0.39 is 0 Å². The second-order valence-electron chi connectivity index (χ2n) is 15.0. The maximum Gasteiger partial charge on any atom is 0.308 e. The van der Waals surface area contributed by atoms with Gasteiger partial charge in [-0.15, -0.1) is 0 Å². The first-order valence-corrected chi connectivity index (χ1v) is 21.6. The maximum atomic E-state index is 12.3. The molecule has 0 aromatic carbocycles. The zero-order valence-electron chi connectivity index (χ0n) is 33.4. The van der Waals surface area contributed by atoms with E-state index in [4.69, 9.17) is 9.47 Å². The third kappa shape index (κ3) is 33.7. The van der Waals surface area contributed by atoms with Crippen LogP contribution in [0.5, 0.6) is 0 Å². The Labute approximate surface area is 305 Å². The highest BCUT2D eigenvalue weighted by atomic mass is 16.5. The van der Waals surface area contributed by atoms with Crippen molar-refractivity contribution in [1.82, 2.24) is 4.90 Å². The van der Waals surface area contributed by atoms with Crippen LogP contribution >= 0.6 is 0 Å². The van der Waals surface area contributed by atoms with Crippen LogP contribution in [-0.2, 0) is 19.1 Å². The van der Waals surface area contributed by atoms with Crippen molar-refractivity contribution in [1.29, 1.82) is 0 Å². The topological polar surface area (TPSA) is 76.1 Å². The summed E-state index contributed by atoms with van der Waals surface area (Å²) < 4.78 is 11.1. The van der Waals surface area contributed by atoms with Crippen LogP contribution in [0.15, 0.2) is 0 Å². The predicted molar refractivity (Wildman–Crippen MR) is 209 cm³/mol. The van der Waals surface area contributed by atoms with Crippen LogP contribution in [0, 0.1) is 11.8 Å². The van der Waals surface area contributed by atoms with Gasteiger partial charge < -0.3 is 19.5 Å². The summed E-state index contributed by atoms with van der Waals surface area (Å²) in [6.07, 6.45) is 33.9. The molecule has 0 heterocycles. The minimum absolute atomic E-state index is 0.000752. The minimum Gasteiger partial charge on any atom is -0.466 e. The van der Waals surface area contributed by atoms with Gasteiger partial charge in [0.2, 0.25) is 0 Å². The number of aliphatic hydroxyl groups excluding tert-OH is 1. The van der Waals surface area contributed by atoms with Gasteiger partial charge in [0.1, 0.15) is 0 Å². The van der Waals surface area contributed by atoms with Crippen molar-refractivity contribution in [2.75, 3.05) is 39.5 Å². The molecule has 292 valence electrons. The lowest BCUT2D eigenvalue weighted by molar-refractivity contribution is -0.148. The van der Waals surface area contributed by atoms with E-state index in [-0.39, 0.29) is 24.5 Å². The predicted octanol–water partition coefficient (Wildman–Crippen LogP) is 12.0. The Morgan fingerprint density at radius 2 is 0.959 bits per heavy atom. The molecular weight excluding hydrogens is 610 g/mol. The van der Waals surface area contributed by atoms with Gasteiger partial charge >= 0.3 is 11.9 Å². The number of carbonyl (C=O) groups is 2. The van der Waals surface area contributed by atoms with Crippen molar-refractivity contribution < 1.29 is 24.2 Å². The van der Waals surface area contributed by atoms with E-state index in [0.29, 0.717) is 19.6 Å². The molecule has 0 aromatic rings. The molecule has 0 aliphatic heterocycles. The number of unbranched alkanes of at least 4 members (excludes halogenated alkanes) is 17. The van der Waals surface area contributed by atoms with Crippen molar-refractivity contribution in [2.45, 2.75) is 214 Å². The SMILES string of the molecule is CCCCCCCCCOC(=O)C(C)CCCCCCN(CCCO)CCCCCCCC(=O)OCCCC(CCCCC)CCCCC. The molecule has 49 heavy (non-hydrogen) atoms. The summed E-state index contributed by atoms with van der Waals surface area (Å²) in [4.78, 5) is 27.0. The van der Waals surface area contributed by atoms with Crippen molar-refractivity contribution in [3.8, 4) is 0 Å². The number of esters is 2. The normalized spacial score (nSPS) is 12.2. The van der Waals surface area contributed by atoms with Gasteiger partial charge in [0, 0.05) is 19.6 Å². The van der Waals surface area contributed by atoms with Crippen LogP contribution in [0.1, 0.15) is 214 Å². The highest BCUT2D eigenvalue weighted by Gasteiger charge is 2.14. The van der Waals surface area contributed by atoms with E-state index in [1.165, 1.54) is 116 Å². The zero-order chi connectivity index (χ0) is 36.0. The Morgan fingerprint density at radius 3 is 1.57 bits per heavy atom. The summed E-state index contributed by atoms with van der Waals surface area (Å²) >= 11 is 0. The molecule has 0 aliphatic carbocycles. The van der Waals surface area contributed by atoms with Gasteiger partial charge in [0.05, 0.1) is 19.1 Å². The molecule has 0 amide bonds. The van der Waals surface area contributed by atoms with Gasteiger partial charge in [-0.2, -0.15) is 0 Å². The summed E-state index contributed by atoms with van der Waals surface area (Å²) in [5.41, 5.74) is 0. The standard InChI is InChI=1S/C43H85NO5/c1-5-8-11-12-13-19-26-38-49-43(47)40(4)29-22-16-18-25-35-44(36-28-37-45)34-24-17-14-15-23-33-42(46)48-39-27-32-41(30-20-9-6-2)31-21-10-7-3/h40-41,45H,5-39H2,1-4H3. The van der Waals surface area contributed by atoms with E-state index >= 15 is 0 Å². The fraction of sp³-hybridized carbons (Fsp3) is 0.953. The largest absolute Gasteiger partial charge is 0.466 e. The molecule has 0 saturated heterocycles. The summed E-state index contributed by atoms with van der Waals surface area (Å²) in [6.45, 7) is 13.3. The van der Waals surface area contributed by atoms with Crippen LogP contribution in [0.2, 0.25) is 0 Å². The van der Waals surface area contributed by atoms with Crippen LogP contribution in [0.25, 0.3) is 0 Å². The molecular formula is C43H85NO5. The molecule has 0 aromatic heterocycles. The maximum absolute atomic E-state index is 12.3. The number of ether oxygens (including phenoxy) is 2. The molecule has 0 bridgehead atoms. The van der Waals surface area contributed by atoms with Gasteiger partial charge in [0.25, 0.3) is 0 Å². The average Bonchev–Trinajstić information content (AvgIpc) is 3.10. The average molecular weight is 696 g/mol. The van der Waals surface area contributed by atoms with Gasteiger partial charge in [0.15, 0.2) is 0 Å². The van der Waals surface area contributed by atoms with E-state index in [1.54, 1.807) is 0 Å². The lowest BCUT2D eigenvalue weighted by atomic mass is 9.91. The van der Waals surface area contributed by atoms with E-state index in [1.807, 2.05) is 6.92 Å². The van der Waals surface area contributed by atoms with E-state index in [2.05, 4.69) is 25.7 Å². The lowest BCUT2D eigenvalue weighted by Crippen LogP contribution is -2.28. The Bertz CT molecular complexity index is 692. The summed E-state index contributed by atoms with van der Waals surface area (Å²) in [6, 6.07) is 0. The highest BCUT2D eigenvalue weighted by Crippen LogP contribution is 2.22. The summed E-state index contributed by atoms with van der Waals surface area (Å²) in [5.74, 6) is 0.764. The smallest absolute Gasteiger partial charge is 0.308 e. The zero-order valence-corrected chi connectivity index (χ0v) is 33.4. The molecule has 0 radical (unpaired) electrons. The number of rotatable bonds is 39. The second-order valence-corrected chi connectivity index (χ2v) is 15.0. The second kappa shape index (κ2) is 38.1. The molecule has 0 aliphatic rings. The van der Waals surface area contributed by atoms with E-state index in [0.717, 1.165) is 89.8 Å². The Balaban J connectivity index is 3.89. The lowest BCUT2D eigenvalue weighted by Gasteiger charge is -2.22. The van der Waals surface area contributed by atoms with Gasteiger partial charge in [-0.05, 0) is 70.4 Å². The molecule has 0 rings (SSSR count). The number of aliphatic hydroxyl groups is 1. The quantitative estimate of drug-likeness (QED) is 0.0509. The number of nitrogens with zero attached hydrogens (tertiary/aromatic N) is 1. The molecule has 0 saturated carbocycles. The monoisotopic (exact) mass is 696 g/mol. The van der Waals surface area contributed by atoms with Gasteiger partial charge in [-0.1, -0.05) is 156 Å². The van der Waals surface area contributed by atoms with Crippen molar-refractivity contribution in [2.24, 2.45) is 11.8 Å². The molecule has 0 fully saturated rings. The molecule has 1 atom stereocenters. The van der Waals surface area contributed by atoms with Crippen molar-refractivity contribution in [3.05, 3.63) is 0 Å². The number of carbonyl (C=O) groups excluding carboxylic acids is 2. The minimum atomic E-state index is -0.0222. The third-order valence-electron chi connectivity index (χ3n) is 10.2.